The molecule has 1 atom stereocenters. The van der Waals surface area contributed by atoms with Gasteiger partial charge in [0.25, 0.3) is 0 Å². The van der Waals surface area contributed by atoms with E-state index in [1.165, 1.54) is 11.3 Å². The number of nitrogens with zero attached hydrogens (tertiary/aromatic N) is 1. The van der Waals surface area contributed by atoms with Crippen molar-refractivity contribution in [1.29, 1.82) is 0 Å². The van der Waals surface area contributed by atoms with E-state index in [-0.39, 0.29) is 5.91 Å². The lowest BCUT2D eigenvalue weighted by molar-refractivity contribution is -0.117. The molecule has 0 aliphatic rings. The third-order valence-corrected chi connectivity index (χ3v) is 2.82. The van der Waals surface area contributed by atoms with Gasteiger partial charge in [-0.1, -0.05) is 13.3 Å². The molecule has 0 saturated heterocycles. The minimum atomic E-state index is -0.459. The highest BCUT2D eigenvalue weighted by molar-refractivity contribution is 7.13. The molecule has 1 unspecified atom stereocenters. The highest BCUT2D eigenvalue weighted by Gasteiger charge is 2.13. The first kappa shape index (κ1) is 13.1. The van der Waals surface area contributed by atoms with Crippen LogP contribution in [0, 0.1) is 0 Å². The molecule has 1 aromatic heterocycles. The lowest BCUT2D eigenvalue weighted by atomic mass is 10.2. The van der Waals surface area contributed by atoms with E-state index in [1.54, 1.807) is 7.11 Å². The molecule has 0 aliphatic heterocycles. The van der Waals surface area contributed by atoms with Crippen LogP contribution in [0.25, 0.3) is 0 Å². The summed E-state index contributed by atoms with van der Waals surface area (Å²) in [6, 6.07) is -0.459. The van der Waals surface area contributed by atoms with Crippen LogP contribution in [-0.4, -0.2) is 24.0 Å². The third kappa shape index (κ3) is 3.88. The van der Waals surface area contributed by atoms with Gasteiger partial charge in [-0.2, -0.15) is 0 Å². The smallest absolute Gasteiger partial charge is 0.243 e. The zero-order valence-electron chi connectivity index (χ0n) is 9.53. The Kier molecular flexibility index (Phi) is 5.37. The zero-order valence-corrected chi connectivity index (χ0v) is 10.3. The van der Waals surface area contributed by atoms with Crippen molar-refractivity contribution in [1.82, 2.24) is 4.98 Å². The minimum absolute atomic E-state index is 0.180. The Morgan fingerprint density at radius 1 is 1.75 bits per heavy atom. The summed E-state index contributed by atoms with van der Waals surface area (Å²) < 4.78 is 4.94. The first-order valence-corrected chi connectivity index (χ1v) is 6.05. The SMILES string of the molecule is CCCC(N)C(=O)Nc1nc(COC)cs1. The van der Waals surface area contributed by atoms with E-state index in [4.69, 9.17) is 10.5 Å². The van der Waals surface area contributed by atoms with Gasteiger partial charge in [0.05, 0.1) is 18.3 Å². The van der Waals surface area contributed by atoms with Crippen LogP contribution in [0.15, 0.2) is 5.38 Å². The van der Waals surface area contributed by atoms with Gasteiger partial charge in [0.2, 0.25) is 5.91 Å². The summed E-state index contributed by atoms with van der Waals surface area (Å²) >= 11 is 1.37. The number of nitrogens with one attached hydrogen (secondary N) is 1. The molecule has 0 aliphatic carbocycles. The molecule has 5 nitrogen and oxygen atoms in total. The van der Waals surface area contributed by atoms with Crippen molar-refractivity contribution in [3.63, 3.8) is 0 Å². The van der Waals surface area contributed by atoms with Gasteiger partial charge < -0.3 is 15.8 Å². The zero-order chi connectivity index (χ0) is 12.0. The molecule has 1 aromatic rings. The lowest BCUT2D eigenvalue weighted by Gasteiger charge is -2.08. The van der Waals surface area contributed by atoms with Gasteiger partial charge in [-0.15, -0.1) is 11.3 Å². The van der Waals surface area contributed by atoms with Crippen molar-refractivity contribution < 1.29 is 9.53 Å². The summed E-state index contributed by atoms with van der Waals surface area (Å²) in [7, 11) is 1.61. The molecular formula is C10H17N3O2S. The molecule has 90 valence electrons. The largest absolute Gasteiger partial charge is 0.378 e. The normalized spacial score (nSPS) is 12.4. The average molecular weight is 243 g/mol. The summed E-state index contributed by atoms with van der Waals surface area (Å²) in [4.78, 5) is 15.8. The number of thiazole rings is 1. The van der Waals surface area contributed by atoms with E-state index in [2.05, 4.69) is 10.3 Å². The van der Waals surface area contributed by atoms with Gasteiger partial charge >= 0.3 is 0 Å². The van der Waals surface area contributed by atoms with Gasteiger partial charge in [-0.05, 0) is 6.42 Å². The van der Waals surface area contributed by atoms with Crippen LogP contribution in [0.2, 0.25) is 0 Å². The van der Waals surface area contributed by atoms with Crippen molar-refractivity contribution in [3.8, 4) is 0 Å². The van der Waals surface area contributed by atoms with Gasteiger partial charge in [0.15, 0.2) is 5.13 Å². The Bertz CT molecular complexity index is 341. The van der Waals surface area contributed by atoms with E-state index < -0.39 is 6.04 Å². The molecule has 0 fully saturated rings. The maximum absolute atomic E-state index is 11.6. The second-order valence-corrected chi connectivity index (χ2v) is 4.32. The number of ether oxygens (including phenoxy) is 1. The van der Waals surface area contributed by atoms with Crippen LogP contribution in [0.5, 0.6) is 0 Å². The molecule has 1 rings (SSSR count). The summed E-state index contributed by atoms with van der Waals surface area (Å²) in [5, 5.41) is 5.12. The molecule has 0 bridgehead atoms. The monoisotopic (exact) mass is 243 g/mol. The predicted octanol–water partition coefficient (Wildman–Crippen LogP) is 1.36. The number of hydrogen-bond acceptors (Lipinski definition) is 5. The van der Waals surface area contributed by atoms with Crippen LogP contribution in [0.1, 0.15) is 25.5 Å². The molecular weight excluding hydrogens is 226 g/mol. The summed E-state index contributed by atoms with van der Waals surface area (Å²) in [6.07, 6.45) is 1.57. The lowest BCUT2D eigenvalue weighted by Crippen LogP contribution is -2.35. The molecule has 16 heavy (non-hydrogen) atoms. The van der Waals surface area contributed by atoms with Crippen LogP contribution in [0.3, 0.4) is 0 Å². The van der Waals surface area contributed by atoms with Crippen LogP contribution < -0.4 is 11.1 Å². The number of hydrogen-bond donors (Lipinski definition) is 2. The third-order valence-electron chi connectivity index (χ3n) is 2.01. The average Bonchev–Trinajstić information content (AvgIpc) is 2.66. The van der Waals surface area contributed by atoms with E-state index in [0.717, 1.165) is 12.1 Å². The summed E-state index contributed by atoms with van der Waals surface area (Å²) in [6.45, 7) is 2.45. The van der Waals surface area contributed by atoms with Crippen LogP contribution in [0.4, 0.5) is 5.13 Å². The van der Waals surface area contributed by atoms with E-state index in [9.17, 15) is 4.79 Å². The number of anilines is 1. The molecule has 3 N–H and O–H groups in total. The fourth-order valence-electron chi connectivity index (χ4n) is 1.22. The first-order valence-electron chi connectivity index (χ1n) is 5.17. The summed E-state index contributed by atoms with van der Waals surface area (Å²) in [5.41, 5.74) is 6.49. The molecule has 0 aromatic carbocycles. The van der Waals surface area contributed by atoms with Crippen molar-refractivity contribution >= 4 is 22.4 Å². The number of carbonyl (C=O) groups excluding carboxylic acids is 1. The number of rotatable bonds is 6. The quantitative estimate of drug-likeness (QED) is 0.790. The number of amides is 1. The van der Waals surface area contributed by atoms with Gasteiger partial charge in [-0.3, -0.25) is 4.79 Å². The molecule has 1 amide bonds. The predicted molar refractivity (Wildman–Crippen MR) is 64.3 cm³/mol. The van der Waals surface area contributed by atoms with E-state index in [0.29, 0.717) is 18.2 Å². The Hall–Kier alpha value is -0.980. The van der Waals surface area contributed by atoms with Crippen molar-refractivity contribution in [3.05, 3.63) is 11.1 Å². The Balaban J connectivity index is 2.49. The number of aromatic nitrogens is 1. The highest BCUT2D eigenvalue weighted by Crippen LogP contribution is 2.16. The Labute approximate surface area is 99.0 Å². The fraction of sp³-hybridized carbons (Fsp3) is 0.600. The van der Waals surface area contributed by atoms with Crippen LogP contribution in [-0.2, 0) is 16.1 Å². The number of nitrogens with two attached hydrogens (primary N) is 1. The summed E-state index contributed by atoms with van der Waals surface area (Å²) in [5.74, 6) is -0.180. The number of methoxy groups -OCH3 is 1. The molecule has 0 radical (unpaired) electrons. The van der Waals surface area contributed by atoms with Crippen molar-refractivity contribution in [2.45, 2.75) is 32.4 Å². The maximum atomic E-state index is 11.6. The molecule has 0 spiro atoms. The van der Waals surface area contributed by atoms with Gasteiger partial charge in [-0.25, -0.2) is 4.98 Å². The van der Waals surface area contributed by atoms with E-state index in [1.807, 2.05) is 12.3 Å². The molecule has 6 heteroatoms. The topological polar surface area (TPSA) is 77.2 Å². The minimum Gasteiger partial charge on any atom is -0.378 e. The number of carbonyl (C=O) groups is 1. The van der Waals surface area contributed by atoms with Crippen molar-refractivity contribution in [2.75, 3.05) is 12.4 Å². The Morgan fingerprint density at radius 2 is 2.50 bits per heavy atom. The fourth-order valence-corrected chi connectivity index (χ4v) is 1.92. The second-order valence-electron chi connectivity index (χ2n) is 3.46. The maximum Gasteiger partial charge on any atom is 0.243 e. The van der Waals surface area contributed by atoms with Crippen LogP contribution >= 0.6 is 11.3 Å². The highest BCUT2D eigenvalue weighted by atomic mass is 32.1. The molecule has 1 heterocycles. The molecule has 0 saturated carbocycles. The standard InChI is InChI=1S/C10H17N3O2S/c1-3-4-8(11)9(14)13-10-12-7(5-15-2)6-16-10/h6,8H,3-5,11H2,1-2H3,(H,12,13,14). The Morgan fingerprint density at radius 3 is 3.12 bits per heavy atom. The van der Waals surface area contributed by atoms with E-state index >= 15 is 0 Å². The second kappa shape index (κ2) is 6.57. The van der Waals surface area contributed by atoms with Gasteiger partial charge in [0.1, 0.15) is 0 Å². The van der Waals surface area contributed by atoms with Gasteiger partial charge in [0, 0.05) is 12.5 Å². The van der Waals surface area contributed by atoms with Crippen molar-refractivity contribution in [2.24, 2.45) is 5.73 Å². The first-order chi connectivity index (χ1) is 7.67.